The summed E-state index contributed by atoms with van der Waals surface area (Å²) in [6.07, 6.45) is 0.706. The minimum atomic E-state index is -0.298. The highest BCUT2D eigenvalue weighted by Crippen LogP contribution is 2.32. The predicted molar refractivity (Wildman–Crippen MR) is 92.0 cm³/mol. The summed E-state index contributed by atoms with van der Waals surface area (Å²) in [6, 6.07) is 10.7. The largest absolute Gasteiger partial charge is 0.493 e. The number of anilines is 2. The summed E-state index contributed by atoms with van der Waals surface area (Å²) in [5.74, 6) is 0.691. The number of carbonyl (C=O) groups excluding carboxylic acids is 1. The Kier molecular flexibility index (Phi) is 5.46. The molecule has 0 heterocycles. The lowest BCUT2D eigenvalue weighted by Crippen LogP contribution is -2.14. The van der Waals surface area contributed by atoms with E-state index in [1.165, 1.54) is 7.11 Å². The molecule has 0 aliphatic heterocycles. The number of nitrogens with two attached hydrogens (primary N) is 1. The van der Waals surface area contributed by atoms with Crippen molar-refractivity contribution >= 4 is 17.3 Å². The number of hydrogen-bond donors (Lipinski definition) is 2. The molecule has 0 aliphatic rings. The number of amides is 1. The van der Waals surface area contributed by atoms with Crippen molar-refractivity contribution in [3.8, 4) is 11.5 Å². The number of hydrogen-bond acceptors (Lipinski definition) is 4. The molecular formula is C18H21N2O3. The van der Waals surface area contributed by atoms with Crippen LogP contribution in [0.25, 0.3) is 0 Å². The van der Waals surface area contributed by atoms with Crippen LogP contribution < -0.4 is 20.5 Å². The van der Waals surface area contributed by atoms with Crippen molar-refractivity contribution in [3.63, 3.8) is 0 Å². The first kappa shape index (κ1) is 16.7. The molecule has 3 N–H and O–H groups in total. The second-order valence-corrected chi connectivity index (χ2v) is 4.92. The molecule has 23 heavy (non-hydrogen) atoms. The van der Waals surface area contributed by atoms with Gasteiger partial charge in [0.15, 0.2) is 11.5 Å². The number of carbonyl (C=O) groups is 1. The molecule has 2 aromatic carbocycles. The van der Waals surface area contributed by atoms with Crippen molar-refractivity contribution in [1.29, 1.82) is 0 Å². The maximum Gasteiger partial charge on any atom is 0.257 e. The summed E-state index contributed by atoms with van der Waals surface area (Å²) in [4.78, 5) is 12.4. The molecule has 0 aromatic heterocycles. The Hall–Kier alpha value is -2.69. The zero-order chi connectivity index (χ0) is 16.8. The molecule has 1 amide bonds. The highest BCUT2D eigenvalue weighted by Gasteiger charge is 2.15. The molecule has 0 atom stereocenters. The van der Waals surface area contributed by atoms with Crippen LogP contribution in [0.5, 0.6) is 11.5 Å². The van der Waals surface area contributed by atoms with Crippen LogP contribution in [0.4, 0.5) is 11.4 Å². The van der Waals surface area contributed by atoms with Crippen LogP contribution in [0.3, 0.4) is 0 Å². The summed E-state index contributed by atoms with van der Waals surface area (Å²) >= 11 is 0. The Morgan fingerprint density at radius 1 is 1.22 bits per heavy atom. The number of ether oxygens (including phenoxy) is 2. The minimum Gasteiger partial charge on any atom is -0.493 e. The Labute approximate surface area is 136 Å². The molecule has 1 radical (unpaired) electrons. The summed E-state index contributed by atoms with van der Waals surface area (Å²) in [6.45, 7) is 6.15. The molecule has 2 aromatic rings. The lowest BCUT2D eigenvalue weighted by molar-refractivity contribution is 0.102. The number of methoxy groups -OCH3 is 1. The zero-order valence-corrected chi connectivity index (χ0v) is 13.4. The molecule has 0 spiro atoms. The van der Waals surface area contributed by atoms with Crippen molar-refractivity contribution in [1.82, 2.24) is 0 Å². The molecule has 121 valence electrons. The van der Waals surface area contributed by atoms with Gasteiger partial charge in [0.1, 0.15) is 0 Å². The van der Waals surface area contributed by atoms with Gasteiger partial charge in [-0.05, 0) is 44.0 Å². The van der Waals surface area contributed by atoms with Gasteiger partial charge in [-0.2, -0.15) is 0 Å². The van der Waals surface area contributed by atoms with Gasteiger partial charge in [0.05, 0.1) is 19.3 Å². The molecule has 0 aliphatic carbocycles. The number of benzene rings is 2. The van der Waals surface area contributed by atoms with Gasteiger partial charge in [0.25, 0.3) is 5.91 Å². The maximum absolute atomic E-state index is 12.4. The Morgan fingerprint density at radius 2 is 1.91 bits per heavy atom. The maximum atomic E-state index is 12.4. The first-order valence-corrected chi connectivity index (χ1v) is 7.38. The van der Waals surface area contributed by atoms with E-state index in [1.54, 1.807) is 12.1 Å². The van der Waals surface area contributed by atoms with Gasteiger partial charge >= 0.3 is 0 Å². The summed E-state index contributed by atoms with van der Waals surface area (Å²) in [7, 11) is 1.53. The van der Waals surface area contributed by atoms with Crippen molar-refractivity contribution < 1.29 is 14.3 Å². The zero-order valence-electron chi connectivity index (χ0n) is 13.4. The van der Waals surface area contributed by atoms with Crippen LogP contribution >= 0.6 is 0 Å². The van der Waals surface area contributed by atoms with Crippen LogP contribution in [-0.4, -0.2) is 19.6 Å². The molecule has 5 heteroatoms. The van der Waals surface area contributed by atoms with Crippen molar-refractivity contribution in [2.24, 2.45) is 0 Å². The van der Waals surface area contributed by atoms with Gasteiger partial charge in [0, 0.05) is 17.4 Å². The highest BCUT2D eigenvalue weighted by molar-refractivity contribution is 6.08. The van der Waals surface area contributed by atoms with E-state index in [9.17, 15) is 4.79 Å². The van der Waals surface area contributed by atoms with E-state index in [0.717, 1.165) is 5.56 Å². The van der Waals surface area contributed by atoms with E-state index < -0.39 is 0 Å². The van der Waals surface area contributed by atoms with E-state index in [0.29, 0.717) is 41.5 Å². The summed E-state index contributed by atoms with van der Waals surface area (Å²) in [5.41, 5.74) is 8.43. The van der Waals surface area contributed by atoms with Gasteiger partial charge < -0.3 is 20.5 Å². The van der Waals surface area contributed by atoms with Crippen LogP contribution in [0.1, 0.15) is 22.8 Å². The van der Waals surface area contributed by atoms with Crippen molar-refractivity contribution in [2.45, 2.75) is 13.3 Å². The summed E-state index contributed by atoms with van der Waals surface area (Å²) < 4.78 is 10.7. The van der Waals surface area contributed by atoms with E-state index in [-0.39, 0.29) is 5.91 Å². The van der Waals surface area contributed by atoms with Gasteiger partial charge in [-0.3, -0.25) is 4.79 Å². The topological polar surface area (TPSA) is 73.6 Å². The van der Waals surface area contributed by atoms with Crippen LogP contribution in [0.15, 0.2) is 36.4 Å². The third-order valence-corrected chi connectivity index (χ3v) is 3.38. The first-order valence-electron chi connectivity index (χ1n) is 7.38. The Bertz CT molecular complexity index is 681. The third-order valence-electron chi connectivity index (χ3n) is 3.38. The second kappa shape index (κ2) is 7.54. The second-order valence-electron chi connectivity index (χ2n) is 4.92. The predicted octanol–water partition coefficient (Wildman–Crippen LogP) is 3.30. The SMILES string of the molecule is [CH2]Cc1ccc(NC(=O)c2cc(OCC)c(OC)cc2N)cc1. The third kappa shape index (κ3) is 3.94. The van der Waals surface area contributed by atoms with E-state index in [1.807, 2.05) is 31.2 Å². The van der Waals surface area contributed by atoms with Crippen molar-refractivity contribution in [2.75, 3.05) is 24.8 Å². The number of nitrogen functional groups attached to an aromatic ring is 1. The first-order chi connectivity index (χ1) is 11.1. The average molecular weight is 313 g/mol. The van der Waals surface area contributed by atoms with Gasteiger partial charge in [-0.15, -0.1) is 0 Å². The van der Waals surface area contributed by atoms with Crippen LogP contribution in [-0.2, 0) is 6.42 Å². The van der Waals surface area contributed by atoms with E-state index in [2.05, 4.69) is 12.2 Å². The van der Waals surface area contributed by atoms with Crippen LogP contribution in [0.2, 0.25) is 0 Å². The van der Waals surface area contributed by atoms with E-state index >= 15 is 0 Å². The monoisotopic (exact) mass is 313 g/mol. The quantitative estimate of drug-likeness (QED) is 0.803. The molecule has 5 nitrogen and oxygen atoms in total. The number of rotatable bonds is 6. The fourth-order valence-electron chi connectivity index (χ4n) is 2.15. The van der Waals surface area contributed by atoms with Gasteiger partial charge in [-0.25, -0.2) is 0 Å². The van der Waals surface area contributed by atoms with Crippen LogP contribution in [0, 0.1) is 6.92 Å². The van der Waals surface area contributed by atoms with Crippen molar-refractivity contribution in [3.05, 3.63) is 54.4 Å². The fourth-order valence-corrected chi connectivity index (χ4v) is 2.15. The average Bonchev–Trinajstić information content (AvgIpc) is 2.56. The fraction of sp³-hybridized carbons (Fsp3) is 0.222. The highest BCUT2D eigenvalue weighted by atomic mass is 16.5. The normalized spacial score (nSPS) is 10.2. The summed E-state index contributed by atoms with van der Waals surface area (Å²) in [5, 5.41) is 2.82. The smallest absolute Gasteiger partial charge is 0.257 e. The molecule has 0 saturated heterocycles. The standard InChI is InChI=1S/C18H21N2O3/c1-4-12-6-8-13(9-7-12)20-18(21)14-10-17(23-5-2)16(22-3)11-15(14)19/h6-11H,1,4-5,19H2,2-3H3,(H,20,21). The molecule has 0 unspecified atom stereocenters. The van der Waals surface area contributed by atoms with Gasteiger partial charge in [-0.1, -0.05) is 12.1 Å². The van der Waals surface area contributed by atoms with Gasteiger partial charge in [0.2, 0.25) is 0 Å². The Morgan fingerprint density at radius 3 is 2.48 bits per heavy atom. The molecule has 0 saturated carbocycles. The minimum absolute atomic E-state index is 0.298. The van der Waals surface area contributed by atoms with E-state index in [4.69, 9.17) is 15.2 Å². The molecule has 0 bridgehead atoms. The lowest BCUT2D eigenvalue weighted by atomic mass is 10.1. The molecule has 2 rings (SSSR count). The number of nitrogens with one attached hydrogen (secondary N) is 1. The lowest BCUT2D eigenvalue weighted by Gasteiger charge is -2.14. The molecular weight excluding hydrogens is 292 g/mol. The Balaban J connectivity index is 2.25. The molecule has 0 fully saturated rings.